The average Bonchev–Trinajstić information content (AvgIpc) is 2.33. The zero-order chi connectivity index (χ0) is 13.0. The second-order valence-corrected chi connectivity index (χ2v) is 5.29. The molecule has 0 bridgehead atoms. The lowest BCUT2D eigenvalue weighted by Gasteiger charge is -2.37. The predicted octanol–water partition coefficient (Wildman–Crippen LogP) is 3.13. The van der Waals surface area contributed by atoms with Crippen molar-refractivity contribution in [2.75, 3.05) is 18.5 Å². The van der Waals surface area contributed by atoms with Gasteiger partial charge in [-0.2, -0.15) is 0 Å². The van der Waals surface area contributed by atoms with Crippen molar-refractivity contribution in [1.29, 1.82) is 0 Å². The summed E-state index contributed by atoms with van der Waals surface area (Å²) in [6.07, 6.45) is 7.05. The number of hydrogen-bond acceptors (Lipinski definition) is 3. The van der Waals surface area contributed by atoms with E-state index in [4.69, 9.17) is 0 Å². The molecule has 0 saturated heterocycles. The van der Waals surface area contributed by atoms with Crippen molar-refractivity contribution < 1.29 is 0 Å². The lowest BCUT2D eigenvalue weighted by Crippen LogP contribution is -2.38. The highest BCUT2D eigenvalue weighted by atomic mass is 15.2. The Morgan fingerprint density at radius 2 is 2.28 bits per heavy atom. The van der Waals surface area contributed by atoms with Crippen LogP contribution in [-0.2, 0) is 0 Å². The average molecular weight is 247 g/mol. The van der Waals surface area contributed by atoms with Gasteiger partial charge in [0.05, 0.1) is 0 Å². The Labute approximate surface area is 111 Å². The molecule has 0 spiro atoms. The predicted molar refractivity (Wildman–Crippen MR) is 77.0 cm³/mol. The third-order valence-electron chi connectivity index (χ3n) is 3.94. The van der Waals surface area contributed by atoms with E-state index in [0.29, 0.717) is 12.1 Å². The van der Waals surface area contributed by atoms with Crippen LogP contribution in [0.5, 0.6) is 0 Å². The molecule has 1 aromatic heterocycles. The molecule has 18 heavy (non-hydrogen) atoms. The zero-order valence-electron chi connectivity index (χ0n) is 11.8. The molecule has 1 unspecified atom stereocenters. The molecule has 2 rings (SSSR count). The molecule has 1 atom stereocenters. The lowest BCUT2D eigenvalue weighted by molar-refractivity contribution is 0.397. The van der Waals surface area contributed by atoms with Crippen LogP contribution in [0.4, 0.5) is 5.82 Å². The van der Waals surface area contributed by atoms with Crippen molar-refractivity contribution in [1.82, 2.24) is 10.3 Å². The summed E-state index contributed by atoms with van der Waals surface area (Å²) in [6, 6.07) is 5.30. The normalized spacial score (nSPS) is 17.3. The summed E-state index contributed by atoms with van der Waals surface area (Å²) in [7, 11) is 2.18. The van der Waals surface area contributed by atoms with E-state index in [9.17, 15) is 0 Å². The van der Waals surface area contributed by atoms with Crippen LogP contribution in [0.25, 0.3) is 0 Å². The Bertz CT molecular complexity index is 374. The molecule has 0 aromatic carbocycles. The Morgan fingerprint density at radius 3 is 2.89 bits per heavy atom. The van der Waals surface area contributed by atoms with Crippen molar-refractivity contribution >= 4 is 5.82 Å². The van der Waals surface area contributed by atoms with Crippen molar-refractivity contribution in [3.63, 3.8) is 0 Å². The Kier molecular flexibility index (Phi) is 4.59. The monoisotopic (exact) mass is 247 g/mol. The first-order valence-electron chi connectivity index (χ1n) is 7.15. The van der Waals surface area contributed by atoms with Crippen LogP contribution in [0.15, 0.2) is 18.3 Å². The van der Waals surface area contributed by atoms with E-state index in [-0.39, 0.29) is 0 Å². The molecule has 0 amide bonds. The Hall–Kier alpha value is -1.09. The van der Waals surface area contributed by atoms with E-state index >= 15 is 0 Å². The molecular weight excluding hydrogens is 222 g/mol. The minimum Gasteiger partial charge on any atom is -0.356 e. The van der Waals surface area contributed by atoms with Gasteiger partial charge in [0.2, 0.25) is 0 Å². The van der Waals surface area contributed by atoms with Crippen LogP contribution < -0.4 is 10.2 Å². The van der Waals surface area contributed by atoms with Gasteiger partial charge in [-0.25, -0.2) is 4.98 Å². The summed E-state index contributed by atoms with van der Waals surface area (Å²) in [5.41, 5.74) is 1.32. The van der Waals surface area contributed by atoms with E-state index in [0.717, 1.165) is 12.4 Å². The first kappa shape index (κ1) is 13.3. The molecule has 1 fully saturated rings. The van der Waals surface area contributed by atoms with Gasteiger partial charge >= 0.3 is 0 Å². The molecule has 0 radical (unpaired) electrons. The van der Waals surface area contributed by atoms with Crippen LogP contribution >= 0.6 is 0 Å². The second kappa shape index (κ2) is 6.19. The number of aromatic nitrogens is 1. The van der Waals surface area contributed by atoms with Gasteiger partial charge in [-0.3, -0.25) is 0 Å². The first-order chi connectivity index (χ1) is 8.74. The fourth-order valence-corrected chi connectivity index (χ4v) is 2.46. The van der Waals surface area contributed by atoms with Crippen LogP contribution in [0, 0.1) is 0 Å². The van der Waals surface area contributed by atoms with E-state index in [2.05, 4.69) is 42.2 Å². The molecule has 3 heteroatoms. The van der Waals surface area contributed by atoms with Gasteiger partial charge in [-0.1, -0.05) is 13.0 Å². The van der Waals surface area contributed by atoms with Crippen LogP contribution in [0.2, 0.25) is 0 Å². The molecule has 3 nitrogen and oxygen atoms in total. The maximum Gasteiger partial charge on any atom is 0.133 e. The molecule has 1 saturated carbocycles. The van der Waals surface area contributed by atoms with E-state index < -0.39 is 0 Å². The quantitative estimate of drug-likeness (QED) is 0.837. The van der Waals surface area contributed by atoms with Crippen molar-refractivity contribution in [2.24, 2.45) is 0 Å². The fourth-order valence-electron chi connectivity index (χ4n) is 2.46. The van der Waals surface area contributed by atoms with E-state index in [1.165, 1.54) is 31.2 Å². The van der Waals surface area contributed by atoms with Crippen molar-refractivity contribution in [3.8, 4) is 0 Å². The van der Waals surface area contributed by atoms with E-state index in [1.54, 1.807) is 0 Å². The molecule has 1 aliphatic carbocycles. The molecule has 1 N–H and O–H groups in total. The second-order valence-electron chi connectivity index (χ2n) is 5.29. The lowest BCUT2D eigenvalue weighted by atomic mass is 9.91. The van der Waals surface area contributed by atoms with E-state index in [1.807, 2.05) is 12.3 Å². The van der Waals surface area contributed by atoms with Gasteiger partial charge in [-0.15, -0.1) is 0 Å². The van der Waals surface area contributed by atoms with Crippen LogP contribution in [-0.4, -0.2) is 24.6 Å². The highest BCUT2D eigenvalue weighted by Gasteiger charge is 2.25. The fraction of sp³-hybridized carbons (Fsp3) is 0.667. The minimum absolute atomic E-state index is 0.371. The highest BCUT2D eigenvalue weighted by Crippen LogP contribution is 2.31. The molecule has 100 valence electrons. The van der Waals surface area contributed by atoms with Gasteiger partial charge in [0, 0.05) is 30.9 Å². The van der Waals surface area contributed by atoms with Crippen molar-refractivity contribution in [3.05, 3.63) is 23.9 Å². The molecule has 0 aliphatic heterocycles. The zero-order valence-corrected chi connectivity index (χ0v) is 11.8. The number of rotatable bonds is 6. The molecule has 1 aromatic rings. The number of hydrogen-bond donors (Lipinski definition) is 1. The summed E-state index contributed by atoms with van der Waals surface area (Å²) in [4.78, 5) is 6.96. The standard InChI is InChI=1S/C15H25N3/c1-4-10-16-12(2)14-9-6-11-17-15(14)18(3)13-7-5-8-13/h6,9,11-13,16H,4-5,7-8,10H2,1-3H3. The number of pyridine rings is 1. The van der Waals surface area contributed by atoms with Gasteiger partial charge in [0.25, 0.3) is 0 Å². The first-order valence-corrected chi connectivity index (χ1v) is 7.15. The topological polar surface area (TPSA) is 28.2 Å². The molecule has 1 aliphatic rings. The van der Waals surface area contributed by atoms with Gasteiger partial charge in [-0.05, 0) is 45.2 Å². The van der Waals surface area contributed by atoms with Crippen molar-refractivity contribution in [2.45, 2.75) is 51.6 Å². The maximum absolute atomic E-state index is 4.60. The third-order valence-corrected chi connectivity index (χ3v) is 3.94. The van der Waals surface area contributed by atoms with Gasteiger partial charge < -0.3 is 10.2 Å². The van der Waals surface area contributed by atoms with Gasteiger partial charge in [0.1, 0.15) is 5.82 Å². The number of nitrogens with one attached hydrogen (secondary N) is 1. The van der Waals surface area contributed by atoms with Crippen LogP contribution in [0.1, 0.15) is 51.1 Å². The summed E-state index contributed by atoms with van der Waals surface area (Å²) in [6.45, 7) is 5.48. The summed E-state index contributed by atoms with van der Waals surface area (Å²) in [5, 5.41) is 3.55. The number of anilines is 1. The summed E-state index contributed by atoms with van der Waals surface area (Å²) < 4.78 is 0. The Morgan fingerprint density at radius 1 is 1.50 bits per heavy atom. The largest absolute Gasteiger partial charge is 0.356 e. The molecule has 1 heterocycles. The Balaban J connectivity index is 2.13. The third kappa shape index (κ3) is 2.83. The SMILES string of the molecule is CCCNC(C)c1cccnc1N(C)C1CCC1. The maximum atomic E-state index is 4.60. The summed E-state index contributed by atoms with van der Waals surface area (Å²) in [5.74, 6) is 1.15. The van der Waals surface area contributed by atoms with Gasteiger partial charge in [0.15, 0.2) is 0 Å². The number of nitrogens with zero attached hydrogens (tertiary/aromatic N) is 2. The summed E-state index contributed by atoms with van der Waals surface area (Å²) >= 11 is 0. The van der Waals surface area contributed by atoms with Crippen LogP contribution in [0.3, 0.4) is 0 Å². The highest BCUT2D eigenvalue weighted by molar-refractivity contribution is 5.48. The minimum atomic E-state index is 0.371. The smallest absolute Gasteiger partial charge is 0.133 e. The molecular formula is C15H25N3.